The van der Waals surface area contributed by atoms with Crippen molar-refractivity contribution in [3.05, 3.63) is 41.8 Å². The highest BCUT2D eigenvalue weighted by Crippen LogP contribution is 2.23. The van der Waals surface area contributed by atoms with Crippen LogP contribution in [0.25, 0.3) is 11.3 Å². The Kier molecular flexibility index (Phi) is 2.98. The minimum Gasteiger partial charge on any atom is -0.325 e. The Labute approximate surface area is 99.9 Å². The molecule has 90 valence electrons. The summed E-state index contributed by atoms with van der Waals surface area (Å²) < 4.78 is 12.9. The molecule has 0 fully saturated rings. The molecule has 2 aromatic rings. The summed E-state index contributed by atoms with van der Waals surface area (Å²) in [5, 5.41) is 6.97. The molecule has 0 aliphatic heterocycles. The van der Waals surface area contributed by atoms with E-state index in [1.165, 1.54) is 12.1 Å². The van der Waals surface area contributed by atoms with Crippen LogP contribution in [-0.2, 0) is 6.42 Å². The monoisotopic (exact) mass is 233 g/mol. The van der Waals surface area contributed by atoms with Crippen molar-refractivity contribution >= 4 is 0 Å². The lowest BCUT2D eigenvalue weighted by Gasteiger charge is -2.18. The van der Waals surface area contributed by atoms with Crippen LogP contribution in [0.15, 0.2) is 30.5 Å². The van der Waals surface area contributed by atoms with Crippen LogP contribution in [0.4, 0.5) is 4.39 Å². The molecule has 1 aromatic carbocycles. The van der Waals surface area contributed by atoms with Gasteiger partial charge in [0.2, 0.25) is 0 Å². The minimum absolute atomic E-state index is 0.242. The van der Waals surface area contributed by atoms with E-state index in [9.17, 15) is 4.39 Å². The zero-order valence-corrected chi connectivity index (χ0v) is 10.00. The number of halogens is 1. The lowest BCUT2D eigenvalue weighted by atomic mass is 9.95. The Morgan fingerprint density at radius 2 is 1.94 bits per heavy atom. The van der Waals surface area contributed by atoms with Crippen LogP contribution in [0.1, 0.15) is 19.4 Å². The fraction of sp³-hybridized carbons (Fsp3) is 0.308. The van der Waals surface area contributed by atoms with Gasteiger partial charge in [0.15, 0.2) is 0 Å². The molecule has 0 saturated heterocycles. The number of rotatable bonds is 3. The molecule has 2 rings (SSSR count). The standard InChI is InChI=1S/C13H16FN3/c1-13(2,15)7-10-8-16-17-12(10)9-3-5-11(14)6-4-9/h3-6,8H,7,15H2,1-2H3,(H,16,17). The topological polar surface area (TPSA) is 54.7 Å². The average molecular weight is 233 g/mol. The molecule has 0 aliphatic rings. The fourth-order valence-corrected chi connectivity index (χ4v) is 1.80. The van der Waals surface area contributed by atoms with E-state index >= 15 is 0 Å². The molecule has 0 radical (unpaired) electrons. The van der Waals surface area contributed by atoms with Gasteiger partial charge in [0, 0.05) is 11.1 Å². The quantitative estimate of drug-likeness (QED) is 0.855. The van der Waals surface area contributed by atoms with E-state index in [-0.39, 0.29) is 11.4 Å². The molecule has 4 heteroatoms. The van der Waals surface area contributed by atoms with E-state index in [0.29, 0.717) is 0 Å². The predicted octanol–water partition coefficient (Wildman–Crippen LogP) is 2.50. The van der Waals surface area contributed by atoms with Crippen LogP contribution in [0.5, 0.6) is 0 Å². The zero-order valence-electron chi connectivity index (χ0n) is 10.00. The van der Waals surface area contributed by atoms with E-state index in [4.69, 9.17) is 5.73 Å². The van der Waals surface area contributed by atoms with Crippen LogP contribution >= 0.6 is 0 Å². The molecule has 0 amide bonds. The first kappa shape index (κ1) is 11.8. The van der Waals surface area contributed by atoms with Crippen molar-refractivity contribution in [3.63, 3.8) is 0 Å². The maximum Gasteiger partial charge on any atom is 0.123 e. The van der Waals surface area contributed by atoms with E-state index in [2.05, 4.69) is 10.2 Å². The Balaban J connectivity index is 2.33. The van der Waals surface area contributed by atoms with Gasteiger partial charge in [0.1, 0.15) is 5.82 Å². The van der Waals surface area contributed by atoms with Crippen molar-refractivity contribution in [3.8, 4) is 11.3 Å². The first-order chi connectivity index (χ1) is 7.96. The Hall–Kier alpha value is -1.68. The van der Waals surface area contributed by atoms with Crippen molar-refractivity contribution in [2.24, 2.45) is 5.73 Å². The van der Waals surface area contributed by atoms with Gasteiger partial charge in [-0.2, -0.15) is 5.10 Å². The molecular weight excluding hydrogens is 217 g/mol. The third-order valence-electron chi connectivity index (χ3n) is 2.50. The van der Waals surface area contributed by atoms with Gasteiger partial charge in [-0.3, -0.25) is 5.10 Å². The number of hydrogen-bond donors (Lipinski definition) is 2. The van der Waals surface area contributed by atoms with Crippen LogP contribution < -0.4 is 5.73 Å². The smallest absolute Gasteiger partial charge is 0.123 e. The number of benzene rings is 1. The normalized spacial score (nSPS) is 11.8. The fourth-order valence-electron chi connectivity index (χ4n) is 1.80. The van der Waals surface area contributed by atoms with Crippen molar-refractivity contribution < 1.29 is 4.39 Å². The second kappa shape index (κ2) is 4.30. The summed E-state index contributed by atoms with van der Waals surface area (Å²) in [5.74, 6) is -0.242. The maximum absolute atomic E-state index is 12.9. The van der Waals surface area contributed by atoms with Gasteiger partial charge in [-0.25, -0.2) is 4.39 Å². The summed E-state index contributed by atoms with van der Waals surface area (Å²) in [4.78, 5) is 0. The maximum atomic E-state index is 12.9. The van der Waals surface area contributed by atoms with Crippen molar-refractivity contribution in [1.82, 2.24) is 10.2 Å². The van der Waals surface area contributed by atoms with Gasteiger partial charge in [-0.05, 0) is 50.1 Å². The summed E-state index contributed by atoms with van der Waals surface area (Å²) >= 11 is 0. The molecule has 0 bridgehead atoms. The second-order valence-corrected chi connectivity index (χ2v) is 4.94. The SMILES string of the molecule is CC(C)(N)Cc1cn[nH]c1-c1ccc(F)cc1. The Morgan fingerprint density at radius 3 is 2.53 bits per heavy atom. The van der Waals surface area contributed by atoms with E-state index in [0.717, 1.165) is 23.2 Å². The number of H-pyrrole nitrogens is 1. The summed E-state index contributed by atoms with van der Waals surface area (Å²) in [6.07, 6.45) is 2.49. The zero-order chi connectivity index (χ0) is 12.5. The van der Waals surface area contributed by atoms with Crippen molar-refractivity contribution in [1.29, 1.82) is 0 Å². The molecule has 1 heterocycles. The molecule has 0 aliphatic carbocycles. The second-order valence-electron chi connectivity index (χ2n) is 4.94. The van der Waals surface area contributed by atoms with Crippen LogP contribution in [0.3, 0.4) is 0 Å². The summed E-state index contributed by atoms with van der Waals surface area (Å²) in [6, 6.07) is 6.34. The first-order valence-electron chi connectivity index (χ1n) is 5.53. The molecule has 3 nitrogen and oxygen atoms in total. The molecule has 0 unspecified atom stereocenters. The molecule has 17 heavy (non-hydrogen) atoms. The summed E-state index contributed by atoms with van der Waals surface area (Å²) in [7, 11) is 0. The number of nitrogens with zero attached hydrogens (tertiary/aromatic N) is 1. The van der Waals surface area contributed by atoms with Gasteiger partial charge in [0.25, 0.3) is 0 Å². The number of hydrogen-bond acceptors (Lipinski definition) is 2. The highest BCUT2D eigenvalue weighted by atomic mass is 19.1. The molecule has 3 N–H and O–H groups in total. The summed E-state index contributed by atoms with van der Waals surface area (Å²) in [5.41, 5.74) is 8.57. The number of aromatic nitrogens is 2. The third-order valence-corrected chi connectivity index (χ3v) is 2.50. The average Bonchev–Trinajstić information content (AvgIpc) is 2.64. The molecular formula is C13H16FN3. The molecule has 0 spiro atoms. The van der Waals surface area contributed by atoms with Crippen LogP contribution in [0.2, 0.25) is 0 Å². The van der Waals surface area contributed by atoms with Gasteiger partial charge in [0.05, 0.1) is 11.9 Å². The van der Waals surface area contributed by atoms with Crippen molar-refractivity contribution in [2.75, 3.05) is 0 Å². The lowest BCUT2D eigenvalue weighted by Crippen LogP contribution is -2.34. The van der Waals surface area contributed by atoms with Crippen LogP contribution in [-0.4, -0.2) is 15.7 Å². The van der Waals surface area contributed by atoms with E-state index in [1.54, 1.807) is 18.3 Å². The summed E-state index contributed by atoms with van der Waals surface area (Å²) in [6.45, 7) is 3.93. The van der Waals surface area contributed by atoms with Gasteiger partial charge in [-0.1, -0.05) is 0 Å². The highest BCUT2D eigenvalue weighted by Gasteiger charge is 2.16. The Morgan fingerprint density at radius 1 is 1.29 bits per heavy atom. The number of aromatic amines is 1. The van der Waals surface area contributed by atoms with E-state index in [1.807, 2.05) is 13.8 Å². The molecule has 0 saturated carbocycles. The number of nitrogens with two attached hydrogens (primary N) is 1. The van der Waals surface area contributed by atoms with E-state index < -0.39 is 0 Å². The lowest BCUT2D eigenvalue weighted by molar-refractivity contribution is 0.517. The Bertz CT molecular complexity index is 494. The first-order valence-corrected chi connectivity index (χ1v) is 5.53. The third kappa shape index (κ3) is 2.91. The van der Waals surface area contributed by atoms with Gasteiger partial charge < -0.3 is 5.73 Å². The molecule has 0 atom stereocenters. The van der Waals surface area contributed by atoms with Gasteiger partial charge in [-0.15, -0.1) is 0 Å². The number of nitrogens with one attached hydrogen (secondary N) is 1. The molecule has 1 aromatic heterocycles. The van der Waals surface area contributed by atoms with Crippen LogP contribution in [0, 0.1) is 5.82 Å². The minimum atomic E-state index is -0.293. The largest absolute Gasteiger partial charge is 0.325 e. The predicted molar refractivity (Wildman–Crippen MR) is 66.0 cm³/mol. The van der Waals surface area contributed by atoms with Gasteiger partial charge >= 0.3 is 0 Å². The highest BCUT2D eigenvalue weighted by molar-refractivity contribution is 5.62. The van der Waals surface area contributed by atoms with Crippen molar-refractivity contribution in [2.45, 2.75) is 25.8 Å².